The van der Waals surface area contributed by atoms with Crippen molar-refractivity contribution >= 4 is 34.1 Å². The molecule has 118 valence electrons. The van der Waals surface area contributed by atoms with Crippen molar-refractivity contribution in [2.75, 3.05) is 0 Å². The number of nitrogens with zero attached hydrogens (tertiary/aromatic N) is 1. The molecule has 0 unspecified atom stereocenters. The van der Waals surface area contributed by atoms with Gasteiger partial charge < -0.3 is 4.98 Å². The van der Waals surface area contributed by atoms with Crippen molar-refractivity contribution in [1.82, 2.24) is 9.97 Å². The van der Waals surface area contributed by atoms with Gasteiger partial charge in [0.25, 0.3) is 5.56 Å². The van der Waals surface area contributed by atoms with Crippen LogP contribution in [0, 0.1) is 0 Å². The maximum absolute atomic E-state index is 13.0. The summed E-state index contributed by atoms with van der Waals surface area (Å²) in [7, 11) is 0. The lowest BCUT2D eigenvalue weighted by molar-refractivity contribution is -0.137. The molecular formula is C15H7Cl2F3N2O. The van der Waals surface area contributed by atoms with Crippen LogP contribution in [-0.4, -0.2) is 9.97 Å². The number of fused-ring (bicyclic) bond motifs is 1. The molecule has 0 bridgehead atoms. The van der Waals surface area contributed by atoms with Gasteiger partial charge in [0.05, 0.1) is 32.1 Å². The molecule has 0 saturated heterocycles. The van der Waals surface area contributed by atoms with Crippen molar-refractivity contribution in [2.24, 2.45) is 0 Å². The van der Waals surface area contributed by atoms with Crippen LogP contribution in [0.3, 0.4) is 0 Å². The Balaban J connectivity index is 2.33. The van der Waals surface area contributed by atoms with Crippen LogP contribution in [-0.2, 0) is 6.18 Å². The van der Waals surface area contributed by atoms with Crippen LogP contribution in [0.15, 0.2) is 41.2 Å². The molecule has 1 aromatic heterocycles. The second-order valence-corrected chi connectivity index (χ2v) is 5.50. The van der Waals surface area contributed by atoms with Crippen molar-refractivity contribution in [3.63, 3.8) is 0 Å². The average molecular weight is 359 g/mol. The molecule has 8 heteroatoms. The van der Waals surface area contributed by atoms with Crippen molar-refractivity contribution in [1.29, 1.82) is 0 Å². The SMILES string of the molecule is O=c1[nH]c(-c2c(Cl)ccc(C(F)(F)F)c2Cl)nc2ccccc12. The van der Waals surface area contributed by atoms with Gasteiger partial charge in [0.15, 0.2) is 0 Å². The second-order valence-electron chi connectivity index (χ2n) is 4.71. The quantitative estimate of drug-likeness (QED) is 0.671. The van der Waals surface area contributed by atoms with Crippen LogP contribution >= 0.6 is 23.2 Å². The summed E-state index contributed by atoms with van der Waals surface area (Å²) < 4.78 is 39.0. The zero-order valence-corrected chi connectivity index (χ0v) is 12.7. The molecule has 3 nitrogen and oxygen atoms in total. The van der Waals surface area contributed by atoms with E-state index < -0.39 is 22.3 Å². The largest absolute Gasteiger partial charge is 0.417 e. The molecule has 0 atom stereocenters. The number of aromatic amines is 1. The molecule has 0 amide bonds. The Bertz CT molecular complexity index is 967. The minimum atomic E-state index is -4.65. The van der Waals surface area contributed by atoms with E-state index in [9.17, 15) is 18.0 Å². The van der Waals surface area contributed by atoms with Crippen molar-refractivity contribution in [3.05, 3.63) is 62.4 Å². The third-order valence-corrected chi connectivity index (χ3v) is 3.95. The number of aromatic nitrogens is 2. The van der Waals surface area contributed by atoms with Gasteiger partial charge in [-0.25, -0.2) is 4.98 Å². The maximum Gasteiger partial charge on any atom is 0.417 e. The van der Waals surface area contributed by atoms with E-state index in [1.54, 1.807) is 24.3 Å². The Kier molecular flexibility index (Phi) is 3.82. The van der Waals surface area contributed by atoms with E-state index in [1.165, 1.54) is 0 Å². The molecule has 0 fully saturated rings. The van der Waals surface area contributed by atoms with Crippen LogP contribution < -0.4 is 5.56 Å². The van der Waals surface area contributed by atoms with E-state index in [-0.39, 0.29) is 16.4 Å². The number of rotatable bonds is 1. The average Bonchev–Trinajstić information content (AvgIpc) is 2.46. The predicted octanol–water partition coefficient (Wildman–Crippen LogP) is 4.92. The summed E-state index contributed by atoms with van der Waals surface area (Å²) in [6.07, 6.45) is -4.65. The highest BCUT2D eigenvalue weighted by Gasteiger charge is 2.35. The summed E-state index contributed by atoms with van der Waals surface area (Å²) in [6, 6.07) is 8.30. The number of hydrogen-bond donors (Lipinski definition) is 1. The Morgan fingerprint density at radius 1 is 1.04 bits per heavy atom. The van der Waals surface area contributed by atoms with Crippen LogP contribution in [0.25, 0.3) is 22.3 Å². The Labute approximate surface area is 137 Å². The number of para-hydroxylation sites is 1. The zero-order chi connectivity index (χ0) is 16.8. The summed E-state index contributed by atoms with van der Waals surface area (Å²) in [5, 5.41) is -0.333. The molecule has 0 saturated carbocycles. The fraction of sp³-hybridized carbons (Fsp3) is 0.0667. The molecule has 0 radical (unpaired) electrons. The van der Waals surface area contributed by atoms with E-state index >= 15 is 0 Å². The normalized spacial score (nSPS) is 11.9. The molecule has 23 heavy (non-hydrogen) atoms. The molecule has 1 N–H and O–H groups in total. The number of hydrogen-bond acceptors (Lipinski definition) is 2. The highest BCUT2D eigenvalue weighted by Crippen LogP contribution is 2.42. The minimum absolute atomic E-state index is 0.0403. The van der Waals surface area contributed by atoms with Gasteiger partial charge in [-0.05, 0) is 24.3 Å². The number of H-pyrrole nitrogens is 1. The van der Waals surface area contributed by atoms with E-state index in [2.05, 4.69) is 9.97 Å². The van der Waals surface area contributed by atoms with E-state index in [1.807, 2.05) is 0 Å². The van der Waals surface area contributed by atoms with E-state index in [4.69, 9.17) is 23.2 Å². The number of nitrogens with one attached hydrogen (secondary N) is 1. The predicted molar refractivity (Wildman–Crippen MR) is 82.8 cm³/mol. The van der Waals surface area contributed by atoms with Gasteiger partial charge in [-0.1, -0.05) is 35.3 Å². The first kappa shape index (κ1) is 15.8. The van der Waals surface area contributed by atoms with Crippen molar-refractivity contribution < 1.29 is 13.2 Å². The first-order valence-electron chi connectivity index (χ1n) is 6.33. The standard InChI is InChI=1S/C15H7Cl2F3N2O/c16-9-6-5-8(15(18,19)20)12(17)11(9)13-21-10-4-2-1-3-7(10)14(23)22-13/h1-6H,(H,21,22,23). The maximum atomic E-state index is 13.0. The van der Waals surface area contributed by atoms with Crippen molar-refractivity contribution in [3.8, 4) is 11.4 Å². The third-order valence-electron chi connectivity index (χ3n) is 3.25. The van der Waals surface area contributed by atoms with Crippen LogP contribution in [0.2, 0.25) is 10.0 Å². The van der Waals surface area contributed by atoms with Gasteiger partial charge in [-0.2, -0.15) is 13.2 Å². The first-order chi connectivity index (χ1) is 10.8. The van der Waals surface area contributed by atoms with E-state index in [0.29, 0.717) is 10.9 Å². The van der Waals surface area contributed by atoms with E-state index in [0.717, 1.165) is 12.1 Å². The summed E-state index contributed by atoms with van der Waals surface area (Å²) in [6.45, 7) is 0. The molecule has 0 aliphatic rings. The Morgan fingerprint density at radius 3 is 2.43 bits per heavy atom. The molecule has 0 spiro atoms. The summed E-state index contributed by atoms with van der Waals surface area (Å²) in [5.74, 6) is -0.116. The van der Waals surface area contributed by atoms with Gasteiger partial charge in [0, 0.05) is 0 Å². The zero-order valence-electron chi connectivity index (χ0n) is 11.2. The first-order valence-corrected chi connectivity index (χ1v) is 7.09. The second kappa shape index (κ2) is 5.54. The van der Waals surface area contributed by atoms with Crippen LogP contribution in [0.5, 0.6) is 0 Å². The van der Waals surface area contributed by atoms with Gasteiger partial charge in [-0.15, -0.1) is 0 Å². The van der Waals surface area contributed by atoms with Crippen LogP contribution in [0.4, 0.5) is 13.2 Å². The molecule has 0 aliphatic heterocycles. The third kappa shape index (κ3) is 2.80. The highest BCUT2D eigenvalue weighted by atomic mass is 35.5. The monoisotopic (exact) mass is 358 g/mol. The number of halogens is 5. The molecule has 1 heterocycles. The van der Waals surface area contributed by atoms with Gasteiger partial charge in [-0.3, -0.25) is 4.79 Å². The van der Waals surface area contributed by atoms with Gasteiger partial charge in [0.1, 0.15) is 5.82 Å². The topological polar surface area (TPSA) is 45.8 Å². The molecule has 3 aromatic rings. The fourth-order valence-electron chi connectivity index (χ4n) is 2.19. The summed E-state index contributed by atoms with van der Waals surface area (Å²) in [5.41, 5.74) is -1.37. The molecule has 0 aliphatic carbocycles. The van der Waals surface area contributed by atoms with Gasteiger partial charge in [0.2, 0.25) is 0 Å². The molecule has 3 rings (SSSR count). The highest BCUT2D eigenvalue weighted by molar-refractivity contribution is 6.39. The lowest BCUT2D eigenvalue weighted by Gasteiger charge is -2.13. The number of alkyl halides is 3. The molecule has 2 aromatic carbocycles. The Hall–Kier alpha value is -2.05. The van der Waals surface area contributed by atoms with Crippen molar-refractivity contribution in [2.45, 2.75) is 6.18 Å². The van der Waals surface area contributed by atoms with Gasteiger partial charge >= 0.3 is 6.18 Å². The van der Waals surface area contributed by atoms with Crippen LogP contribution in [0.1, 0.15) is 5.56 Å². The summed E-state index contributed by atoms with van der Waals surface area (Å²) >= 11 is 11.8. The minimum Gasteiger partial charge on any atom is -0.306 e. The number of benzene rings is 2. The fourth-order valence-corrected chi connectivity index (χ4v) is 2.85. The lowest BCUT2D eigenvalue weighted by Crippen LogP contribution is -2.11. The Morgan fingerprint density at radius 2 is 1.74 bits per heavy atom. The molecular weight excluding hydrogens is 352 g/mol. The lowest BCUT2D eigenvalue weighted by atomic mass is 10.1. The smallest absolute Gasteiger partial charge is 0.306 e. The summed E-state index contributed by atoms with van der Waals surface area (Å²) in [4.78, 5) is 18.7.